The molecule has 0 bridgehead atoms. The molecule has 1 amide bonds. The van der Waals surface area contributed by atoms with Crippen molar-refractivity contribution in [3.8, 4) is 0 Å². The third kappa shape index (κ3) is 4.85. The van der Waals surface area contributed by atoms with Gasteiger partial charge in [0.1, 0.15) is 5.54 Å². The monoisotopic (exact) mass is 360 g/mol. The van der Waals surface area contributed by atoms with Crippen molar-refractivity contribution in [2.75, 3.05) is 44.9 Å². The second-order valence-corrected chi connectivity index (χ2v) is 6.70. The van der Waals surface area contributed by atoms with Crippen molar-refractivity contribution in [3.05, 3.63) is 35.9 Å². The molecule has 0 radical (unpaired) electrons. The summed E-state index contributed by atoms with van der Waals surface area (Å²) in [6, 6.07) is 8.04. The fourth-order valence-corrected chi connectivity index (χ4v) is 2.62. The Morgan fingerprint density at radius 2 is 1.85 bits per heavy atom. The molecule has 1 fully saturated rings. The molecule has 6 heteroatoms. The van der Waals surface area contributed by atoms with E-state index in [1.54, 1.807) is 33.9 Å². The number of hydrogen-bond acceptors (Lipinski definition) is 5. The molecule has 1 aromatic carbocycles. The van der Waals surface area contributed by atoms with E-state index in [1.165, 1.54) is 11.0 Å². The second-order valence-electron chi connectivity index (χ2n) is 6.70. The molecule has 0 atom stereocenters. The summed E-state index contributed by atoms with van der Waals surface area (Å²) in [5, 5.41) is 0. The van der Waals surface area contributed by atoms with Crippen molar-refractivity contribution in [1.82, 2.24) is 4.90 Å². The van der Waals surface area contributed by atoms with Gasteiger partial charge in [-0.05, 0) is 44.5 Å². The van der Waals surface area contributed by atoms with Crippen molar-refractivity contribution in [1.29, 1.82) is 0 Å². The molecule has 1 aliphatic rings. The third-order valence-electron chi connectivity index (χ3n) is 4.63. The van der Waals surface area contributed by atoms with Gasteiger partial charge in [-0.2, -0.15) is 0 Å². The van der Waals surface area contributed by atoms with Crippen LogP contribution in [-0.2, 0) is 19.1 Å². The van der Waals surface area contributed by atoms with Crippen molar-refractivity contribution < 1.29 is 19.1 Å². The Kier molecular flexibility index (Phi) is 6.80. The molecule has 142 valence electrons. The summed E-state index contributed by atoms with van der Waals surface area (Å²) in [5.41, 5.74) is 1.06. The number of esters is 1. The van der Waals surface area contributed by atoms with Crippen LogP contribution in [0.4, 0.5) is 5.69 Å². The van der Waals surface area contributed by atoms with Gasteiger partial charge in [0.25, 0.3) is 0 Å². The summed E-state index contributed by atoms with van der Waals surface area (Å²) in [7, 11) is 1.60. The van der Waals surface area contributed by atoms with Gasteiger partial charge in [0.2, 0.25) is 5.91 Å². The Bertz CT molecular complexity index is 646. The topological polar surface area (TPSA) is 59.1 Å². The van der Waals surface area contributed by atoms with Gasteiger partial charge in [-0.1, -0.05) is 12.1 Å². The Morgan fingerprint density at radius 3 is 2.42 bits per heavy atom. The fourth-order valence-electron chi connectivity index (χ4n) is 2.62. The van der Waals surface area contributed by atoms with Gasteiger partial charge in [0.15, 0.2) is 0 Å². The van der Waals surface area contributed by atoms with Gasteiger partial charge in [-0.25, -0.2) is 4.79 Å². The Hall–Kier alpha value is -2.34. The number of morpholine rings is 1. The number of carbonyl (C=O) groups is 2. The highest BCUT2D eigenvalue weighted by Crippen LogP contribution is 2.18. The summed E-state index contributed by atoms with van der Waals surface area (Å²) in [4.78, 5) is 28.1. The highest BCUT2D eigenvalue weighted by molar-refractivity contribution is 5.95. The van der Waals surface area contributed by atoms with E-state index in [2.05, 4.69) is 4.90 Å². The molecular formula is C20H28N2O4. The molecule has 26 heavy (non-hydrogen) atoms. The summed E-state index contributed by atoms with van der Waals surface area (Å²) >= 11 is 0. The number of likely N-dealkylation sites (N-methyl/N-ethyl adjacent to an activating group) is 1. The summed E-state index contributed by atoms with van der Waals surface area (Å²) in [5.74, 6) is -0.667. The number of rotatable bonds is 6. The minimum Gasteiger partial charge on any atom is -0.464 e. The molecule has 1 heterocycles. The number of ether oxygens (including phenoxy) is 2. The van der Waals surface area contributed by atoms with Crippen LogP contribution < -0.4 is 4.90 Å². The third-order valence-corrected chi connectivity index (χ3v) is 4.63. The van der Waals surface area contributed by atoms with E-state index in [-0.39, 0.29) is 12.5 Å². The van der Waals surface area contributed by atoms with Gasteiger partial charge >= 0.3 is 5.97 Å². The van der Waals surface area contributed by atoms with Crippen LogP contribution in [0.1, 0.15) is 26.3 Å². The lowest BCUT2D eigenvalue weighted by Crippen LogP contribution is -2.51. The van der Waals surface area contributed by atoms with Crippen molar-refractivity contribution >= 4 is 23.6 Å². The highest BCUT2D eigenvalue weighted by atomic mass is 16.5. The predicted molar refractivity (Wildman–Crippen MR) is 102 cm³/mol. The zero-order chi connectivity index (χ0) is 19.2. The van der Waals surface area contributed by atoms with Crippen LogP contribution in [0.3, 0.4) is 0 Å². The van der Waals surface area contributed by atoms with Crippen LogP contribution >= 0.6 is 0 Å². The summed E-state index contributed by atoms with van der Waals surface area (Å²) in [6.45, 7) is 8.66. The average molecular weight is 360 g/mol. The first-order chi connectivity index (χ1) is 12.4. The molecule has 0 aliphatic carbocycles. The Labute approximate surface area is 155 Å². The first-order valence-electron chi connectivity index (χ1n) is 8.92. The van der Waals surface area contributed by atoms with E-state index in [4.69, 9.17) is 9.47 Å². The normalized spacial score (nSPS) is 15.2. The van der Waals surface area contributed by atoms with Crippen LogP contribution in [0, 0.1) is 0 Å². The van der Waals surface area contributed by atoms with Crippen molar-refractivity contribution in [2.45, 2.75) is 26.3 Å². The lowest BCUT2D eigenvalue weighted by atomic mass is 10.0. The Balaban J connectivity index is 1.99. The van der Waals surface area contributed by atoms with Crippen LogP contribution in [0.15, 0.2) is 30.3 Å². The maximum atomic E-state index is 12.4. The summed E-state index contributed by atoms with van der Waals surface area (Å²) in [6.07, 6.45) is 3.23. The highest BCUT2D eigenvalue weighted by Gasteiger charge is 2.35. The number of hydrogen-bond donors (Lipinski definition) is 0. The first-order valence-corrected chi connectivity index (χ1v) is 8.92. The molecular weight excluding hydrogens is 332 g/mol. The molecule has 0 unspecified atom stereocenters. The van der Waals surface area contributed by atoms with Gasteiger partial charge in [0.05, 0.1) is 19.8 Å². The standard InChI is InChI=1S/C20H28N2O4/c1-5-26-19(24)20(2,3)21(4)18(23)11-8-16-6-9-17(10-7-16)22-12-14-25-15-13-22/h6-11H,5,12-15H2,1-4H3/b11-8+. The van der Waals surface area contributed by atoms with Gasteiger partial charge in [0, 0.05) is 31.9 Å². The van der Waals surface area contributed by atoms with E-state index >= 15 is 0 Å². The zero-order valence-electron chi connectivity index (χ0n) is 16.0. The van der Waals surface area contributed by atoms with Gasteiger partial charge < -0.3 is 19.3 Å². The van der Waals surface area contributed by atoms with Crippen LogP contribution in [0.25, 0.3) is 6.08 Å². The Morgan fingerprint density at radius 1 is 1.23 bits per heavy atom. The lowest BCUT2D eigenvalue weighted by Gasteiger charge is -2.32. The SMILES string of the molecule is CCOC(=O)C(C)(C)N(C)C(=O)/C=C/c1ccc(N2CCOCC2)cc1. The van der Waals surface area contributed by atoms with Gasteiger partial charge in [-0.15, -0.1) is 0 Å². The quantitative estimate of drug-likeness (QED) is 0.576. The van der Waals surface area contributed by atoms with Crippen molar-refractivity contribution in [3.63, 3.8) is 0 Å². The number of anilines is 1. The molecule has 2 rings (SSSR count). The first kappa shape index (κ1) is 20.0. The van der Waals surface area contributed by atoms with Crippen LogP contribution in [0.2, 0.25) is 0 Å². The predicted octanol–water partition coefficient (Wildman–Crippen LogP) is 2.34. The number of benzene rings is 1. The zero-order valence-corrected chi connectivity index (χ0v) is 16.0. The molecule has 0 aromatic heterocycles. The van der Waals surface area contributed by atoms with E-state index in [1.807, 2.05) is 24.3 Å². The molecule has 1 saturated heterocycles. The van der Waals surface area contributed by atoms with Crippen LogP contribution in [-0.4, -0.2) is 62.3 Å². The van der Waals surface area contributed by atoms with E-state index < -0.39 is 11.5 Å². The summed E-state index contributed by atoms with van der Waals surface area (Å²) < 4.78 is 10.4. The molecule has 1 aliphatic heterocycles. The maximum absolute atomic E-state index is 12.4. The largest absolute Gasteiger partial charge is 0.464 e. The maximum Gasteiger partial charge on any atom is 0.331 e. The molecule has 6 nitrogen and oxygen atoms in total. The van der Waals surface area contributed by atoms with E-state index in [0.717, 1.165) is 37.6 Å². The fraction of sp³-hybridized carbons (Fsp3) is 0.500. The average Bonchev–Trinajstić information content (AvgIpc) is 2.66. The molecule has 0 N–H and O–H groups in total. The molecule has 0 saturated carbocycles. The molecule has 0 spiro atoms. The smallest absolute Gasteiger partial charge is 0.331 e. The number of nitrogens with zero attached hydrogens (tertiary/aromatic N) is 2. The van der Waals surface area contributed by atoms with Crippen LogP contribution in [0.5, 0.6) is 0 Å². The second kappa shape index (κ2) is 8.85. The number of carbonyl (C=O) groups excluding carboxylic acids is 2. The van der Waals surface area contributed by atoms with Gasteiger partial charge in [-0.3, -0.25) is 4.79 Å². The molecule has 1 aromatic rings. The minimum absolute atomic E-state index is 0.250. The minimum atomic E-state index is -1.02. The lowest BCUT2D eigenvalue weighted by molar-refractivity contribution is -0.158. The number of amides is 1. The van der Waals surface area contributed by atoms with Crippen molar-refractivity contribution in [2.24, 2.45) is 0 Å². The van der Waals surface area contributed by atoms with E-state index in [0.29, 0.717) is 0 Å². The van der Waals surface area contributed by atoms with E-state index in [9.17, 15) is 9.59 Å².